The van der Waals surface area contributed by atoms with Crippen molar-refractivity contribution in [3.8, 4) is 0 Å². The molecule has 3 nitrogen and oxygen atoms in total. The predicted octanol–water partition coefficient (Wildman–Crippen LogP) is 3.45. The molecule has 0 heterocycles. The van der Waals surface area contributed by atoms with E-state index in [9.17, 15) is 15.0 Å². The number of hydrogen-bond acceptors (Lipinski definition) is 3. The molecule has 128 valence electrons. The summed E-state index contributed by atoms with van der Waals surface area (Å²) < 4.78 is 0. The number of hydrogen-bond donors (Lipinski definition) is 2. The van der Waals surface area contributed by atoms with Crippen LogP contribution in [0.4, 0.5) is 0 Å². The first-order chi connectivity index (χ1) is 10.8. The van der Waals surface area contributed by atoms with Gasteiger partial charge in [-0.3, -0.25) is 4.79 Å². The van der Waals surface area contributed by atoms with Gasteiger partial charge in [0.1, 0.15) is 0 Å². The Morgan fingerprint density at radius 3 is 2.52 bits per heavy atom. The third kappa shape index (κ3) is 1.76. The minimum Gasteiger partial charge on any atom is -0.368 e. The summed E-state index contributed by atoms with van der Waals surface area (Å²) in [6.45, 7) is 8.66. The van der Waals surface area contributed by atoms with Crippen molar-refractivity contribution in [2.45, 2.75) is 71.5 Å². The molecule has 4 saturated carbocycles. The lowest BCUT2D eigenvalue weighted by Crippen LogP contribution is -2.63. The number of carbonyl (C=O) groups is 1. The first kappa shape index (κ1) is 15.8. The van der Waals surface area contributed by atoms with E-state index in [4.69, 9.17) is 0 Å². The third-order valence-corrected chi connectivity index (χ3v) is 8.35. The second kappa shape index (κ2) is 4.70. The van der Waals surface area contributed by atoms with Gasteiger partial charge in [-0.05, 0) is 73.7 Å². The third-order valence-electron chi connectivity index (χ3n) is 8.35. The van der Waals surface area contributed by atoms with Crippen molar-refractivity contribution in [2.75, 3.05) is 0 Å². The molecule has 2 N–H and O–H groups in total. The topological polar surface area (TPSA) is 57.5 Å². The van der Waals surface area contributed by atoms with E-state index < -0.39 is 11.7 Å². The number of aliphatic hydroxyl groups is 2. The van der Waals surface area contributed by atoms with Crippen molar-refractivity contribution in [3.05, 3.63) is 12.2 Å². The first-order valence-electron chi connectivity index (χ1n) is 9.35. The van der Waals surface area contributed by atoms with Gasteiger partial charge in [-0.1, -0.05) is 26.8 Å². The van der Waals surface area contributed by atoms with Crippen LogP contribution in [0.3, 0.4) is 0 Å². The quantitative estimate of drug-likeness (QED) is 0.575. The molecule has 0 aromatic carbocycles. The molecular weight excluding hydrogens is 288 g/mol. The lowest BCUT2D eigenvalue weighted by molar-refractivity contribution is -0.259. The average molecular weight is 318 g/mol. The zero-order valence-electron chi connectivity index (χ0n) is 14.5. The molecule has 0 aromatic heterocycles. The molecule has 0 aromatic rings. The number of aliphatic hydroxyl groups excluding tert-OH is 1. The minimum atomic E-state index is -1.31. The van der Waals surface area contributed by atoms with Crippen molar-refractivity contribution in [1.82, 2.24) is 0 Å². The molecule has 0 amide bonds. The fourth-order valence-corrected chi connectivity index (χ4v) is 7.45. The lowest BCUT2D eigenvalue weighted by atomic mass is 9.40. The average Bonchev–Trinajstić information content (AvgIpc) is 2.67. The molecule has 0 radical (unpaired) electrons. The zero-order chi connectivity index (χ0) is 16.6. The van der Waals surface area contributed by atoms with Gasteiger partial charge in [-0.2, -0.15) is 0 Å². The van der Waals surface area contributed by atoms with E-state index in [2.05, 4.69) is 20.4 Å². The smallest absolute Gasteiger partial charge is 0.165 e. The SMILES string of the molecule is C=C1C(=O)[C@]23CC[C@H]4C(C)(C)CCC[C@@]4(C(O)O)[C@H]2CC[C@@H]1C3. The number of ketones is 1. The maximum Gasteiger partial charge on any atom is 0.165 e. The van der Waals surface area contributed by atoms with Crippen molar-refractivity contribution in [3.63, 3.8) is 0 Å². The molecule has 5 atom stereocenters. The van der Waals surface area contributed by atoms with Crippen LogP contribution in [0.15, 0.2) is 12.2 Å². The monoisotopic (exact) mass is 318 g/mol. The van der Waals surface area contributed by atoms with Crippen LogP contribution in [-0.4, -0.2) is 22.3 Å². The molecule has 4 aliphatic rings. The second-order valence-electron chi connectivity index (χ2n) is 9.46. The van der Waals surface area contributed by atoms with E-state index in [1.807, 2.05) is 0 Å². The normalized spacial score (nSPS) is 48.3. The van der Waals surface area contributed by atoms with Crippen molar-refractivity contribution in [1.29, 1.82) is 0 Å². The van der Waals surface area contributed by atoms with Crippen molar-refractivity contribution < 1.29 is 15.0 Å². The maximum atomic E-state index is 13.1. The largest absolute Gasteiger partial charge is 0.368 e. The highest BCUT2D eigenvalue weighted by Crippen LogP contribution is 2.71. The summed E-state index contributed by atoms with van der Waals surface area (Å²) in [5.74, 6) is 1.03. The molecular formula is C20H30O3. The maximum absolute atomic E-state index is 13.1. The van der Waals surface area contributed by atoms with E-state index in [0.717, 1.165) is 56.9 Å². The van der Waals surface area contributed by atoms with Crippen LogP contribution in [0.25, 0.3) is 0 Å². The van der Waals surface area contributed by atoms with E-state index in [1.165, 1.54) is 0 Å². The van der Waals surface area contributed by atoms with Crippen LogP contribution in [0, 0.1) is 34.0 Å². The van der Waals surface area contributed by atoms with E-state index >= 15 is 0 Å². The van der Waals surface area contributed by atoms with Crippen LogP contribution in [-0.2, 0) is 4.79 Å². The molecule has 0 unspecified atom stereocenters. The number of carbonyl (C=O) groups excluding carboxylic acids is 1. The highest BCUT2D eigenvalue weighted by atomic mass is 16.5. The molecule has 0 saturated heterocycles. The first-order valence-corrected chi connectivity index (χ1v) is 9.35. The summed E-state index contributed by atoms with van der Waals surface area (Å²) in [6, 6.07) is 0. The Labute approximate surface area is 139 Å². The van der Waals surface area contributed by atoms with Crippen molar-refractivity contribution >= 4 is 5.78 Å². The van der Waals surface area contributed by atoms with Gasteiger partial charge in [0.25, 0.3) is 0 Å². The van der Waals surface area contributed by atoms with Gasteiger partial charge >= 0.3 is 0 Å². The highest BCUT2D eigenvalue weighted by Gasteiger charge is 2.69. The van der Waals surface area contributed by atoms with Crippen LogP contribution in [0.5, 0.6) is 0 Å². The van der Waals surface area contributed by atoms with Crippen LogP contribution < -0.4 is 0 Å². The molecule has 3 heteroatoms. The number of fused-ring (bicyclic) bond motifs is 3. The molecule has 0 aliphatic heterocycles. The van der Waals surface area contributed by atoms with E-state index in [0.29, 0.717) is 11.8 Å². The Hall–Kier alpha value is -0.670. The fraction of sp³-hybridized carbons (Fsp3) is 0.850. The molecule has 1 spiro atoms. The molecule has 23 heavy (non-hydrogen) atoms. The van der Waals surface area contributed by atoms with Gasteiger partial charge in [0.15, 0.2) is 12.1 Å². The van der Waals surface area contributed by atoms with Gasteiger partial charge in [0.2, 0.25) is 0 Å². The lowest BCUT2D eigenvalue weighted by Gasteiger charge is -2.64. The van der Waals surface area contributed by atoms with Gasteiger partial charge in [-0.25, -0.2) is 0 Å². The summed E-state index contributed by atoms with van der Waals surface area (Å²) in [4.78, 5) is 13.1. The van der Waals surface area contributed by atoms with Gasteiger partial charge in [0.05, 0.1) is 0 Å². The number of rotatable bonds is 1. The Bertz CT molecular complexity index is 563. The van der Waals surface area contributed by atoms with Crippen molar-refractivity contribution in [2.24, 2.45) is 34.0 Å². The summed E-state index contributed by atoms with van der Waals surface area (Å²) in [5.41, 5.74) is 0.112. The molecule has 4 aliphatic carbocycles. The Kier molecular flexibility index (Phi) is 3.23. The van der Waals surface area contributed by atoms with Crippen LogP contribution in [0.1, 0.15) is 65.2 Å². The molecule has 2 bridgehead atoms. The van der Waals surface area contributed by atoms with Crippen LogP contribution >= 0.6 is 0 Å². The fourth-order valence-electron chi connectivity index (χ4n) is 7.45. The Balaban J connectivity index is 1.85. The molecule has 4 rings (SSSR count). The highest BCUT2D eigenvalue weighted by molar-refractivity contribution is 6.03. The summed E-state index contributed by atoms with van der Waals surface area (Å²) in [7, 11) is 0. The van der Waals surface area contributed by atoms with Gasteiger partial charge < -0.3 is 10.2 Å². The summed E-state index contributed by atoms with van der Waals surface area (Å²) >= 11 is 0. The number of allylic oxidation sites excluding steroid dienone is 1. The van der Waals surface area contributed by atoms with E-state index in [1.54, 1.807) is 0 Å². The summed E-state index contributed by atoms with van der Waals surface area (Å²) in [6.07, 6.45) is 6.47. The Morgan fingerprint density at radius 1 is 1.09 bits per heavy atom. The molecule has 4 fully saturated rings. The van der Waals surface area contributed by atoms with E-state index in [-0.39, 0.29) is 22.5 Å². The minimum absolute atomic E-state index is 0.122. The van der Waals surface area contributed by atoms with Gasteiger partial charge in [0, 0.05) is 10.8 Å². The zero-order valence-corrected chi connectivity index (χ0v) is 14.5. The number of Topliss-reactive ketones (excluding diaryl/α,β-unsaturated/α-hetero) is 1. The Morgan fingerprint density at radius 2 is 1.83 bits per heavy atom. The summed E-state index contributed by atoms with van der Waals surface area (Å²) in [5, 5.41) is 21.1. The van der Waals surface area contributed by atoms with Crippen LogP contribution in [0.2, 0.25) is 0 Å². The standard InChI is InChI=1S/C20H30O3/c1-12-13-5-6-15-19(11-13,16(12)21)10-7-14-18(2,3)8-4-9-20(14,15)17(22)23/h13-15,17,22-23H,1,4-11H2,2-3H3/t13-,14+,15+,19+,20+/m1/s1. The van der Waals surface area contributed by atoms with Gasteiger partial charge in [-0.15, -0.1) is 0 Å². The second-order valence-corrected chi connectivity index (χ2v) is 9.46. The predicted molar refractivity (Wildman–Crippen MR) is 88.4 cm³/mol.